The van der Waals surface area contributed by atoms with Gasteiger partial charge in [0, 0.05) is 10.7 Å². The highest BCUT2D eigenvalue weighted by Crippen LogP contribution is 2.25. The number of hydrogen-bond acceptors (Lipinski definition) is 5. The Bertz CT molecular complexity index is 975. The molecule has 3 rings (SSSR count). The van der Waals surface area contributed by atoms with Crippen LogP contribution in [-0.2, 0) is 4.79 Å². The van der Waals surface area contributed by atoms with E-state index in [1.807, 2.05) is 38.1 Å². The van der Waals surface area contributed by atoms with Crippen LogP contribution in [0.5, 0.6) is 0 Å². The minimum atomic E-state index is -0.0702. The highest BCUT2D eigenvalue weighted by molar-refractivity contribution is 8.01. The maximum atomic E-state index is 12.2. The summed E-state index contributed by atoms with van der Waals surface area (Å²) in [5.41, 5.74) is 3.90. The van der Waals surface area contributed by atoms with Gasteiger partial charge in [-0.05, 0) is 73.6 Å². The topological polar surface area (TPSA) is 46.9 Å². The smallest absolute Gasteiger partial charge is 0.234 e. The Kier molecular flexibility index (Phi) is 6.13. The number of halogens is 1. The molecule has 0 radical (unpaired) electrons. The Labute approximate surface area is 170 Å². The fourth-order valence-electron chi connectivity index (χ4n) is 2.44. The second-order valence-electron chi connectivity index (χ2n) is 5.74. The van der Waals surface area contributed by atoms with Crippen molar-refractivity contribution in [3.63, 3.8) is 0 Å². The number of rotatable bonds is 5. The van der Waals surface area contributed by atoms with Crippen molar-refractivity contribution in [2.75, 3.05) is 11.1 Å². The average molecular weight is 422 g/mol. The predicted octanol–water partition coefficient (Wildman–Crippen LogP) is 5.66. The van der Waals surface area contributed by atoms with E-state index in [4.69, 9.17) is 23.8 Å². The lowest BCUT2D eigenvalue weighted by Gasteiger charge is -2.06. The fourth-order valence-corrected chi connectivity index (χ4v) is 4.72. The SMILES string of the molecule is Cc1cc(C)cc(NC(=O)CSc2nn(-c3ccc(Cl)cc3)c(=S)s2)c1. The molecule has 0 aliphatic rings. The molecule has 134 valence electrons. The van der Waals surface area contributed by atoms with E-state index in [1.54, 1.807) is 16.8 Å². The summed E-state index contributed by atoms with van der Waals surface area (Å²) in [5, 5.41) is 8.07. The molecule has 8 heteroatoms. The van der Waals surface area contributed by atoms with E-state index in [9.17, 15) is 4.79 Å². The van der Waals surface area contributed by atoms with Crippen LogP contribution in [0.2, 0.25) is 5.02 Å². The zero-order chi connectivity index (χ0) is 18.7. The molecule has 26 heavy (non-hydrogen) atoms. The molecule has 0 aliphatic heterocycles. The van der Waals surface area contributed by atoms with Gasteiger partial charge in [0.2, 0.25) is 5.91 Å². The van der Waals surface area contributed by atoms with Crippen LogP contribution >= 0.6 is 46.9 Å². The number of carbonyl (C=O) groups is 1. The van der Waals surface area contributed by atoms with Crippen LogP contribution in [0.1, 0.15) is 11.1 Å². The van der Waals surface area contributed by atoms with Crippen molar-refractivity contribution in [2.45, 2.75) is 18.2 Å². The van der Waals surface area contributed by atoms with Gasteiger partial charge in [-0.25, -0.2) is 4.68 Å². The number of benzene rings is 2. The number of carbonyl (C=O) groups excluding carboxylic acids is 1. The molecule has 0 bridgehead atoms. The van der Waals surface area contributed by atoms with Crippen LogP contribution in [0.3, 0.4) is 0 Å². The molecule has 0 saturated heterocycles. The lowest BCUT2D eigenvalue weighted by atomic mass is 10.1. The molecule has 1 N–H and O–H groups in total. The molecule has 0 unspecified atom stereocenters. The molecule has 1 heterocycles. The van der Waals surface area contributed by atoms with E-state index in [2.05, 4.69) is 16.5 Å². The van der Waals surface area contributed by atoms with Gasteiger partial charge in [-0.15, -0.1) is 5.10 Å². The van der Waals surface area contributed by atoms with Gasteiger partial charge in [-0.3, -0.25) is 4.79 Å². The molecule has 0 aliphatic carbocycles. The Morgan fingerprint density at radius 1 is 1.23 bits per heavy atom. The van der Waals surface area contributed by atoms with Crippen LogP contribution in [0.25, 0.3) is 5.69 Å². The van der Waals surface area contributed by atoms with Gasteiger partial charge < -0.3 is 5.32 Å². The van der Waals surface area contributed by atoms with E-state index in [0.29, 0.717) is 8.98 Å². The van der Waals surface area contributed by atoms with E-state index < -0.39 is 0 Å². The molecule has 1 amide bonds. The lowest BCUT2D eigenvalue weighted by molar-refractivity contribution is -0.113. The first-order valence-corrected chi connectivity index (χ1v) is 10.4. The first-order valence-electron chi connectivity index (χ1n) is 7.78. The first-order chi connectivity index (χ1) is 12.4. The minimum absolute atomic E-state index is 0.0702. The van der Waals surface area contributed by atoms with Crippen LogP contribution in [0, 0.1) is 17.8 Å². The van der Waals surface area contributed by atoms with Crippen molar-refractivity contribution in [3.8, 4) is 5.69 Å². The van der Waals surface area contributed by atoms with Gasteiger partial charge in [0.25, 0.3) is 0 Å². The van der Waals surface area contributed by atoms with Crippen molar-refractivity contribution < 1.29 is 4.79 Å². The molecule has 0 spiro atoms. The Balaban J connectivity index is 1.64. The van der Waals surface area contributed by atoms with E-state index in [0.717, 1.165) is 26.8 Å². The number of nitrogens with zero attached hydrogens (tertiary/aromatic N) is 2. The number of anilines is 1. The largest absolute Gasteiger partial charge is 0.325 e. The number of thioether (sulfide) groups is 1. The van der Waals surface area contributed by atoms with Crippen LogP contribution in [0.15, 0.2) is 46.8 Å². The summed E-state index contributed by atoms with van der Waals surface area (Å²) in [6.45, 7) is 4.02. The second-order valence-corrected chi connectivity index (χ2v) is 9.02. The molecular weight excluding hydrogens is 406 g/mol. The van der Waals surface area contributed by atoms with Crippen LogP contribution < -0.4 is 5.32 Å². The van der Waals surface area contributed by atoms with Gasteiger partial charge in [-0.2, -0.15) is 0 Å². The van der Waals surface area contributed by atoms with Gasteiger partial charge >= 0.3 is 0 Å². The molecule has 3 aromatic rings. The van der Waals surface area contributed by atoms with Crippen LogP contribution in [0.4, 0.5) is 5.69 Å². The Hall–Kier alpha value is -1.67. The summed E-state index contributed by atoms with van der Waals surface area (Å²) >= 11 is 14.0. The minimum Gasteiger partial charge on any atom is -0.325 e. The molecule has 0 fully saturated rings. The zero-order valence-corrected chi connectivity index (χ0v) is 17.4. The third kappa shape index (κ3) is 4.94. The number of nitrogens with one attached hydrogen (secondary N) is 1. The number of amides is 1. The Morgan fingerprint density at radius 2 is 1.88 bits per heavy atom. The number of aromatic nitrogens is 2. The van der Waals surface area contributed by atoms with Gasteiger partial charge in [-0.1, -0.05) is 40.8 Å². The average Bonchev–Trinajstić information content (AvgIpc) is 2.94. The number of aryl methyl sites for hydroxylation is 2. The predicted molar refractivity (Wildman–Crippen MR) is 113 cm³/mol. The van der Waals surface area contributed by atoms with Gasteiger partial charge in [0.1, 0.15) is 0 Å². The quantitative estimate of drug-likeness (QED) is 0.426. The Morgan fingerprint density at radius 3 is 2.54 bits per heavy atom. The summed E-state index contributed by atoms with van der Waals surface area (Å²) < 4.78 is 3.06. The van der Waals surface area contributed by atoms with E-state index >= 15 is 0 Å². The summed E-state index contributed by atoms with van der Waals surface area (Å²) in [4.78, 5) is 12.2. The zero-order valence-electron chi connectivity index (χ0n) is 14.2. The lowest BCUT2D eigenvalue weighted by Crippen LogP contribution is -2.14. The normalized spacial score (nSPS) is 10.7. The van der Waals surface area contributed by atoms with E-state index in [-0.39, 0.29) is 11.7 Å². The van der Waals surface area contributed by atoms with Crippen molar-refractivity contribution >= 4 is 58.5 Å². The fraction of sp³-hybridized carbons (Fsp3) is 0.167. The highest BCUT2D eigenvalue weighted by Gasteiger charge is 2.10. The first kappa shape index (κ1) is 19.1. The molecule has 2 aromatic carbocycles. The second kappa shape index (κ2) is 8.35. The third-order valence-corrected chi connectivity index (χ3v) is 6.05. The summed E-state index contributed by atoms with van der Waals surface area (Å²) in [6, 6.07) is 13.3. The number of hydrogen-bond donors (Lipinski definition) is 1. The summed E-state index contributed by atoms with van der Waals surface area (Å²) in [6.07, 6.45) is 0. The highest BCUT2D eigenvalue weighted by atomic mass is 35.5. The molecular formula is C18H16ClN3OS3. The van der Waals surface area contributed by atoms with Gasteiger partial charge in [0.05, 0.1) is 11.4 Å². The van der Waals surface area contributed by atoms with Crippen LogP contribution in [-0.4, -0.2) is 21.4 Å². The van der Waals surface area contributed by atoms with Gasteiger partial charge in [0.15, 0.2) is 8.29 Å². The van der Waals surface area contributed by atoms with E-state index in [1.165, 1.54) is 23.1 Å². The molecule has 0 saturated carbocycles. The maximum Gasteiger partial charge on any atom is 0.234 e. The standard InChI is InChI=1S/C18H16ClN3OS3/c1-11-7-12(2)9-14(8-11)20-16(23)10-25-17-21-22(18(24)26-17)15-5-3-13(19)4-6-15/h3-9H,10H2,1-2H3,(H,20,23). The molecule has 0 atom stereocenters. The maximum absolute atomic E-state index is 12.2. The van der Waals surface area contributed by atoms with Crippen molar-refractivity contribution in [3.05, 3.63) is 62.6 Å². The summed E-state index contributed by atoms with van der Waals surface area (Å²) in [5.74, 6) is 0.203. The molecule has 4 nitrogen and oxygen atoms in total. The molecule has 1 aromatic heterocycles. The van der Waals surface area contributed by atoms with Crippen molar-refractivity contribution in [2.24, 2.45) is 0 Å². The van der Waals surface area contributed by atoms with Crippen molar-refractivity contribution in [1.82, 2.24) is 9.78 Å². The van der Waals surface area contributed by atoms with Crippen molar-refractivity contribution in [1.29, 1.82) is 0 Å². The third-order valence-electron chi connectivity index (χ3n) is 3.43. The summed E-state index contributed by atoms with van der Waals surface area (Å²) in [7, 11) is 0. The monoisotopic (exact) mass is 421 g/mol.